The van der Waals surface area contributed by atoms with Crippen LogP contribution in [0.25, 0.3) is 0 Å². The van der Waals surface area contributed by atoms with E-state index in [1.165, 1.54) is 54.9 Å². The summed E-state index contributed by atoms with van der Waals surface area (Å²) in [6, 6.07) is 2.84. The second kappa shape index (κ2) is 6.09. The number of hydrogen-bond donors (Lipinski definition) is 0. The lowest BCUT2D eigenvalue weighted by Gasteiger charge is -2.44. The van der Waals surface area contributed by atoms with Crippen LogP contribution in [0.2, 0.25) is 0 Å². The zero-order chi connectivity index (χ0) is 16.8. The second-order valence-corrected chi connectivity index (χ2v) is 7.78. The average Bonchev–Trinajstić information content (AvgIpc) is 3.20. The van der Waals surface area contributed by atoms with Gasteiger partial charge in [0.05, 0.1) is 12.2 Å². The van der Waals surface area contributed by atoms with Crippen molar-refractivity contribution in [2.45, 2.75) is 57.7 Å². The summed E-state index contributed by atoms with van der Waals surface area (Å²) in [7, 11) is 2.22. The van der Waals surface area contributed by atoms with Crippen LogP contribution in [0.5, 0.6) is 0 Å². The molecule has 1 aliphatic carbocycles. The van der Waals surface area contributed by atoms with Crippen molar-refractivity contribution in [2.24, 2.45) is 0 Å². The van der Waals surface area contributed by atoms with E-state index >= 15 is 0 Å². The quantitative estimate of drug-likeness (QED) is 0.851. The van der Waals surface area contributed by atoms with E-state index in [2.05, 4.69) is 48.9 Å². The number of fused-ring (bicyclic) bond motifs is 2. The van der Waals surface area contributed by atoms with Gasteiger partial charge in [0.1, 0.15) is 5.82 Å². The van der Waals surface area contributed by atoms with Crippen molar-refractivity contribution >= 4 is 5.82 Å². The lowest BCUT2D eigenvalue weighted by Crippen LogP contribution is -2.58. The third kappa shape index (κ3) is 2.72. The highest BCUT2D eigenvalue weighted by atomic mass is 15.4. The summed E-state index contributed by atoms with van der Waals surface area (Å²) in [6.07, 6.45) is 9.35. The van der Waals surface area contributed by atoms with E-state index in [4.69, 9.17) is 0 Å². The van der Waals surface area contributed by atoms with Crippen molar-refractivity contribution in [1.82, 2.24) is 24.6 Å². The first-order valence-corrected chi connectivity index (χ1v) is 9.62. The van der Waals surface area contributed by atoms with Crippen molar-refractivity contribution in [3.63, 3.8) is 0 Å². The maximum absolute atomic E-state index is 4.68. The molecule has 0 N–H and O–H groups in total. The highest BCUT2D eigenvalue weighted by molar-refractivity contribution is 5.45. The van der Waals surface area contributed by atoms with E-state index in [0.717, 1.165) is 38.4 Å². The van der Waals surface area contributed by atoms with Crippen molar-refractivity contribution in [3.8, 4) is 0 Å². The van der Waals surface area contributed by atoms with E-state index in [1.807, 2.05) is 0 Å². The number of rotatable bonds is 4. The fraction of sp³-hybridized carbons (Fsp3) is 0.632. The Kier molecular flexibility index (Phi) is 3.73. The lowest BCUT2D eigenvalue weighted by atomic mass is 10.1. The van der Waals surface area contributed by atoms with E-state index in [1.54, 1.807) is 0 Å². The van der Waals surface area contributed by atoms with Crippen LogP contribution in [0.3, 0.4) is 0 Å². The summed E-state index contributed by atoms with van der Waals surface area (Å²) in [5, 5.41) is 8.86. The molecule has 1 fully saturated rings. The van der Waals surface area contributed by atoms with Crippen LogP contribution in [0.4, 0.5) is 5.82 Å². The summed E-state index contributed by atoms with van der Waals surface area (Å²) in [6.45, 7) is 4.16. The fourth-order valence-electron chi connectivity index (χ4n) is 4.37. The standard InChI is InChI=1S/C19H26N6/c1-23(13-19-20-10-15-6-2-3-8-25(15)19)16-11-24(12-16)18-9-14-5-4-7-17(14)21-22-18/h9-10,16H,2-8,11-13H2,1H3. The first-order chi connectivity index (χ1) is 12.3. The average molecular weight is 338 g/mol. The van der Waals surface area contributed by atoms with Gasteiger partial charge in [-0.2, -0.15) is 5.10 Å². The van der Waals surface area contributed by atoms with Crippen molar-refractivity contribution in [1.29, 1.82) is 0 Å². The Morgan fingerprint density at radius 2 is 2.04 bits per heavy atom. The molecule has 2 aromatic heterocycles. The molecule has 2 aliphatic heterocycles. The van der Waals surface area contributed by atoms with Gasteiger partial charge in [-0.3, -0.25) is 4.90 Å². The van der Waals surface area contributed by atoms with Crippen LogP contribution in [0.15, 0.2) is 12.3 Å². The summed E-state index contributed by atoms with van der Waals surface area (Å²) < 4.78 is 2.43. The summed E-state index contributed by atoms with van der Waals surface area (Å²) in [4.78, 5) is 9.48. The Bertz CT molecular complexity index is 776. The molecule has 25 heavy (non-hydrogen) atoms. The fourth-order valence-corrected chi connectivity index (χ4v) is 4.37. The zero-order valence-corrected chi connectivity index (χ0v) is 15.0. The van der Waals surface area contributed by atoms with Crippen LogP contribution >= 0.6 is 0 Å². The van der Waals surface area contributed by atoms with Gasteiger partial charge in [-0.15, -0.1) is 5.10 Å². The topological polar surface area (TPSA) is 50.1 Å². The number of imidazole rings is 1. The monoisotopic (exact) mass is 338 g/mol. The molecule has 5 rings (SSSR count). The van der Waals surface area contributed by atoms with Crippen LogP contribution in [0, 0.1) is 0 Å². The molecule has 0 amide bonds. The summed E-state index contributed by atoms with van der Waals surface area (Å²) in [5.74, 6) is 2.29. The molecule has 132 valence electrons. The maximum Gasteiger partial charge on any atom is 0.151 e. The predicted molar refractivity (Wildman–Crippen MR) is 96.7 cm³/mol. The molecule has 0 unspecified atom stereocenters. The minimum absolute atomic E-state index is 0.576. The zero-order valence-electron chi connectivity index (χ0n) is 15.0. The van der Waals surface area contributed by atoms with Crippen LogP contribution in [-0.4, -0.2) is 50.8 Å². The van der Waals surface area contributed by atoms with E-state index in [-0.39, 0.29) is 0 Å². The molecule has 6 heteroatoms. The van der Waals surface area contributed by atoms with Gasteiger partial charge < -0.3 is 9.47 Å². The Morgan fingerprint density at radius 3 is 2.96 bits per heavy atom. The van der Waals surface area contributed by atoms with E-state index in [0.29, 0.717) is 6.04 Å². The van der Waals surface area contributed by atoms with Gasteiger partial charge in [0.2, 0.25) is 0 Å². The first-order valence-electron chi connectivity index (χ1n) is 9.62. The molecule has 0 atom stereocenters. The molecule has 0 spiro atoms. The molecular weight excluding hydrogens is 312 g/mol. The largest absolute Gasteiger partial charge is 0.352 e. The highest BCUT2D eigenvalue weighted by Gasteiger charge is 2.32. The molecule has 6 nitrogen and oxygen atoms in total. The number of nitrogens with zero attached hydrogens (tertiary/aromatic N) is 6. The normalized spacial score (nSPS) is 19.8. The number of likely N-dealkylation sites (N-methyl/N-ethyl adjacent to an activating group) is 1. The minimum Gasteiger partial charge on any atom is -0.352 e. The molecule has 0 aromatic carbocycles. The van der Waals surface area contributed by atoms with Crippen molar-refractivity contribution in [3.05, 3.63) is 35.0 Å². The van der Waals surface area contributed by atoms with Gasteiger partial charge in [-0.1, -0.05) is 0 Å². The number of aryl methyl sites for hydroxylation is 3. The Morgan fingerprint density at radius 1 is 1.12 bits per heavy atom. The summed E-state index contributed by atoms with van der Waals surface area (Å²) in [5.41, 5.74) is 4.03. The second-order valence-electron chi connectivity index (χ2n) is 7.78. The van der Waals surface area contributed by atoms with Gasteiger partial charge in [0, 0.05) is 37.6 Å². The first kappa shape index (κ1) is 15.3. The van der Waals surface area contributed by atoms with Crippen LogP contribution in [0.1, 0.15) is 42.0 Å². The lowest BCUT2D eigenvalue weighted by molar-refractivity contribution is 0.189. The van der Waals surface area contributed by atoms with Crippen LogP contribution in [-0.2, 0) is 32.4 Å². The SMILES string of the molecule is CN(Cc1ncc2n1CCCC2)C1CN(c2cc3c(nn2)CCC3)C1. The molecule has 0 bridgehead atoms. The van der Waals surface area contributed by atoms with Crippen LogP contribution < -0.4 is 4.90 Å². The molecule has 3 aliphatic rings. The highest BCUT2D eigenvalue weighted by Crippen LogP contribution is 2.27. The predicted octanol–water partition coefficient (Wildman–Crippen LogP) is 1.82. The van der Waals surface area contributed by atoms with E-state index in [9.17, 15) is 0 Å². The Hall–Kier alpha value is -1.95. The van der Waals surface area contributed by atoms with Crippen molar-refractivity contribution < 1.29 is 0 Å². The summed E-state index contributed by atoms with van der Waals surface area (Å²) >= 11 is 0. The maximum atomic E-state index is 4.68. The van der Waals surface area contributed by atoms with Gasteiger partial charge in [-0.25, -0.2) is 4.98 Å². The number of aromatic nitrogens is 4. The number of anilines is 1. The third-order valence-electron chi connectivity index (χ3n) is 6.09. The Labute approximate surface area is 148 Å². The van der Waals surface area contributed by atoms with Gasteiger partial charge >= 0.3 is 0 Å². The van der Waals surface area contributed by atoms with Gasteiger partial charge in [-0.05, 0) is 57.2 Å². The number of hydrogen-bond acceptors (Lipinski definition) is 5. The molecular formula is C19H26N6. The molecule has 2 aromatic rings. The van der Waals surface area contributed by atoms with Crippen molar-refractivity contribution in [2.75, 3.05) is 25.0 Å². The Balaban J connectivity index is 1.21. The molecule has 0 saturated carbocycles. The van der Waals surface area contributed by atoms with E-state index < -0.39 is 0 Å². The smallest absolute Gasteiger partial charge is 0.151 e. The van der Waals surface area contributed by atoms with Gasteiger partial charge in [0.25, 0.3) is 0 Å². The third-order valence-corrected chi connectivity index (χ3v) is 6.09. The minimum atomic E-state index is 0.576. The molecule has 4 heterocycles. The molecule has 1 saturated heterocycles. The van der Waals surface area contributed by atoms with Gasteiger partial charge in [0.15, 0.2) is 5.82 Å². The molecule has 0 radical (unpaired) electrons.